The number of ether oxygens (including phenoxy) is 1. The molecule has 1 amide bonds. The van der Waals surface area contributed by atoms with E-state index in [2.05, 4.69) is 15.3 Å². The van der Waals surface area contributed by atoms with Crippen molar-refractivity contribution in [3.63, 3.8) is 0 Å². The molecule has 2 N–H and O–H groups in total. The smallest absolute Gasteiger partial charge is 0.255 e. The highest BCUT2D eigenvalue weighted by molar-refractivity contribution is 5.98. The summed E-state index contributed by atoms with van der Waals surface area (Å²) in [6.45, 7) is 1.77. The predicted octanol–water partition coefficient (Wildman–Crippen LogP) is 1.80. The maximum atomic E-state index is 14.5. The zero-order valence-corrected chi connectivity index (χ0v) is 16.7. The van der Waals surface area contributed by atoms with Crippen molar-refractivity contribution < 1.29 is 22.7 Å². The van der Waals surface area contributed by atoms with E-state index in [1.807, 2.05) is 0 Å². The molecule has 1 aromatic heterocycles. The Morgan fingerprint density at radius 3 is 2.70 bits per heavy atom. The van der Waals surface area contributed by atoms with E-state index in [0.29, 0.717) is 0 Å². The van der Waals surface area contributed by atoms with Crippen LogP contribution in [-0.4, -0.2) is 60.5 Å². The lowest BCUT2D eigenvalue weighted by atomic mass is 9.96. The molecule has 160 valence electrons. The van der Waals surface area contributed by atoms with Gasteiger partial charge < -0.3 is 15.0 Å². The summed E-state index contributed by atoms with van der Waals surface area (Å²) in [5, 5.41) is 10.8. The molecule has 0 radical (unpaired) electrons. The zero-order valence-electron chi connectivity index (χ0n) is 16.7. The number of guanidine groups is 1. The van der Waals surface area contributed by atoms with Crippen LogP contribution in [0.2, 0.25) is 0 Å². The maximum absolute atomic E-state index is 14.5. The molecular weight excluding hydrogens is 401 g/mol. The van der Waals surface area contributed by atoms with Gasteiger partial charge in [-0.25, -0.2) is 13.8 Å². The second-order valence-corrected chi connectivity index (χ2v) is 6.77. The minimum absolute atomic E-state index is 0.0364. The summed E-state index contributed by atoms with van der Waals surface area (Å²) >= 11 is 0. The van der Waals surface area contributed by atoms with Gasteiger partial charge in [0.1, 0.15) is 11.6 Å². The lowest BCUT2D eigenvalue weighted by Gasteiger charge is -2.28. The number of methoxy groups -OCH3 is 1. The first kappa shape index (κ1) is 21.3. The molecule has 0 aliphatic carbocycles. The fourth-order valence-corrected chi connectivity index (χ4v) is 3.15. The van der Waals surface area contributed by atoms with Gasteiger partial charge in [0.2, 0.25) is 17.7 Å². The van der Waals surface area contributed by atoms with Gasteiger partial charge in [-0.2, -0.15) is 9.37 Å². The van der Waals surface area contributed by atoms with Gasteiger partial charge >= 0.3 is 0 Å². The normalized spacial score (nSPS) is 17.9. The molecule has 1 atom stereocenters. The van der Waals surface area contributed by atoms with Crippen molar-refractivity contribution in [1.82, 2.24) is 20.2 Å². The van der Waals surface area contributed by atoms with Crippen molar-refractivity contribution in [2.24, 2.45) is 0 Å². The van der Waals surface area contributed by atoms with Crippen LogP contribution in [0.15, 0.2) is 18.2 Å². The number of nitrogens with one attached hydrogen (secondary N) is 2. The second-order valence-electron chi connectivity index (χ2n) is 6.77. The Bertz CT molecular complexity index is 987. The van der Waals surface area contributed by atoms with E-state index in [0.717, 1.165) is 23.1 Å². The molecular formula is C19H21F3N6O2. The van der Waals surface area contributed by atoms with Crippen LogP contribution in [0.5, 0.6) is 5.88 Å². The number of aromatic nitrogens is 2. The Hall–Kier alpha value is -3.37. The number of benzene rings is 1. The first-order valence-electron chi connectivity index (χ1n) is 9.11. The van der Waals surface area contributed by atoms with Gasteiger partial charge in [0.05, 0.1) is 18.7 Å². The van der Waals surface area contributed by atoms with Crippen LogP contribution in [0, 0.1) is 29.8 Å². The molecule has 0 unspecified atom stereocenters. The van der Waals surface area contributed by atoms with E-state index in [1.165, 1.54) is 21.1 Å². The van der Waals surface area contributed by atoms with E-state index >= 15 is 0 Å². The minimum atomic E-state index is -1.16. The van der Waals surface area contributed by atoms with Crippen molar-refractivity contribution in [3.05, 3.63) is 46.9 Å². The third-order valence-electron chi connectivity index (χ3n) is 4.83. The van der Waals surface area contributed by atoms with E-state index in [-0.39, 0.29) is 48.7 Å². The van der Waals surface area contributed by atoms with Crippen molar-refractivity contribution in [3.8, 4) is 5.88 Å². The van der Waals surface area contributed by atoms with E-state index in [4.69, 9.17) is 10.1 Å². The molecule has 11 heteroatoms. The minimum Gasteiger partial charge on any atom is -0.479 e. The van der Waals surface area contributed by atoms with Gasteiger partial charge in [-0.05, 0) is 25.1 Å². The molecule has 3 rings (SSSR count). The van der Waals surface area contributed by atoms with Crippen LogP contribution in [0.25, 0.3) is 0 Å². The standard InChI is InChI=1S/C19H21F3N6O2/c1-10-15(22)16(30-3)26-19(25-10)28-7-6-24-18(23)27(2)17(29)13(9-28)12-8-11(20)4-5-14(12)21/h4-5,8,13H,6-7,9H2,1-3H3,(H2,23,24)/t13-/m1/s1. The summed E-state index contributed by atoms with van der Waals surface area (Å²) in [6.07, 6.45) is 0. The number of amides is 1. The number of carbonyl (C=O) groups excluding carboxylic acids is 1. The number of hydrogen-bond donors (Lipinski definition) is 2. The molecule has 2 heterocycles. The van der Waals surface area contributed by atoms with E-state index < -0.39 is 29.3 Å². The molecule has 1 saturated heterocycles. The Kier molecular flexibility index (Phi) is 6.09. The van der Waals surface area contributed by atoms with Crippen molar-refractivity contribution in [1.29, 1.82) is 5.41 Å². The second kappa shape index (κ2) is 8.56. The number of nitrogens with zero attached hydrogens (tertiary/aromatic N) is 4. The molecule has 8 nitrogen and oxygen atoms in total. The van der Waals surface area contributed by atoms with Crippen LogP contribution >= 0.6 is 0 Å². The van der Waals surface area contributed by atoms with Gasteiger partial charge in [0.25, 0.3) is 5.88 Å². The van der Waals surface area contributed by atoms with Crippen molar-refractivity contribution in [2.75, 3.05) is 38.7 Å². The Balaban J connectivity index is 2.09. The third kappa shape index (κ3) is 4.14. The van der Waals surface area contributed by atoms with E-state index in [1.54, 1.807) is 4.90 Å². The maximum Gasteiger partial charge on any atom is 0.255 e. The molecule has 2 aromatic rings. The Morgan fingerprint density at radius 2 is 2.00 bits per heavy atom. The zero-order chi connectivity index (χ0) is 22.0. The fourth-order valence-electron chi connectivity index (χ4n) is 3.15. The average molecular weight is 422 g/mol. The number of likely N-dealkylation sites (N-methyl/N-ethyl adjacent to an activating group) is 1. The molecule has 1 aliphatic rings. The number of aryl methyl sites for hydroxylation is 1. The van der Waals surface area contributed by atoms with Crippen LogP contribution in [0.4, 0.5) is 19.1 Å². The number of hydrogen-bond acceptors (Lipinski definition) is 6. The van der Waals surface area contributed by atoms with E-state index in [9.17, 15) is 18.0 Å². The predicted molar refractivity (Wildman–Crippen MR) is 103 cm³/mol. The first-order chi connectivity index (χ1) is 14.2. The average Bonchev–Trinajstić information content (AvgIpc) is 2.77. The monoisotopic (exact) mass is 422 g/mol. The summed E-state index contributed by atoms with van der Waals surface area (Å²) in [4.78, 5) is 23.8. The fraction of sp³-hybridized carbons (Fsp3) is 0.368. The SMILES string of the molecule is COc1nc(N2CCNC(=N)N(C)C(=O)[C@@H](c3cc(F)ccc3F)C2)nc(C)c1F. The largest absolute Gasteiger partial charge is 0.479 e. The van der Waals surface area contributed by atoms with Gasteiger partial charge in [-0.3, -0.25) is 15.1 Å². The lowest BCUT2D eigenvalue weighted by molar-refractivity contribution is -0.128. The number of rotatable bonds is 3. The molecule has 1 aliphatic heterocycles. The molecule has 30 heavy (non-hydrogen) atoms. The summed E-state index contributed by atoms with van der Waals surface area (Å²) in [5.41, 5.74) is -0.119. The molecule has 1 fully saturated rings. The van der Waals surface area contributed by atoms with Crippen molar-refractivity contribution in [2.45, 2.75) is 12.8 Å². The molecule has 0 saturated carbocycles. The molecule has 1 aromatic carbocycles. The summed E-state index contributed by atoms with van der Waals surface area (Å²) in [7, 11) is 2.64. The number of anilines is 1. The highest BCUT2D eigenvalue weighted by atomic mass is 19.1. The summed E-state index contributed by atoms with van der Waals surface area (Å²) < 4.78 is 47.4. The molecule has 0 spiro atoms. The van der Waals surface area contributed by atoms with Gasteiger partial charge in [-0.1, -0.05) is 0 Å². The number of carbonyl (C=O) groups is 1. The highest BCUT2D eigenvalue weighted by Crippen LogP contribution is 2.27. The van der Waals surface area contributed by atoms with Crippen LogP contribution in [-0.2, 0) is 4.79 Å². The Morgan fingerprint density at radius 1 is 1.27 bits per heavy atom. The highest BCUT2D eigenvalue weighted by Gasteiger charge is 2.33. The summed E-state index contributed by atoms with van der Waals surface area (Å²) in [5.74, 6) is -4.33. The third-order valence-corrected chi connectivity index (χ3v) is 4.83. The van der Waals surface area contributed by atoms with Gasteiger partial charge in [0, 0.05) is 32.2 Å². The number of halogens is 3. The Labute approximate surface area is 171 Å². The summed E-state index contributed by atoms with van der Waals surface area (Å²) in [6, 6.07) is 2.86. The topological polar surface area (TPSA) is 94.4 Å². The first-order valence-corrected chi connectivity index (χ1v) is 9.11. The van der Waals surface area contributed by atoms with Crippen molar-refractivity contribution >= 4 is 17.8 Å². The lowest BCUT2D eigenvalue weighted by Crippen LogP contribution is -2.44. The van der Waals surface area contributed by atoms with Gasteiger partial charge in [0.15, 0.2) is 5.96 Å². The molecule has 0 bridgehead atoms. The van der Waals surface area contributed by atoms with Crippen LogP contribution in [0.1, 0.15) is 17.2 Å². The van der Waals surface area contributed by atoms with Crippen LogP contribution < -0.4 is 15.0 Å². The quantitative estimate of drug-likeness (QED) is 0.784. The van der Waals surface area contributed by atoms with Crippen LogP contribution in [0.3, 0.4) is 0 Å². The van der Waals surface area contributed by atoms with Gasteiger partial charge in [-0.15, -0.1) is 0 Å².